The molecule has 3 atom stereocenters. The largest absolute Gasteiger partial charge is 0.325 e. The molecule has 2 N–H and O–H groups in total. The van der Waals surface area contributed by atoms with E-state index in [1.807, 2.05) is 19.9 Å². The molecule has 64 valence electrons. The second-order valence-corrected chi connectivity index (χ2v) is 6.42. The highest BCUT2D eigenvalue weighted by atomic mass is 31.1. The van der Waals surface area contributed by atoms with Gasteiger partial charge in [-0.2, -0.15) is 0 Å². The highest BCUT2D eigenvalue weighted by molar-refractivity contribution is 7.47. The van der Waals surface area contributed by atoms with E-state index >= 15 is 0 Å². The Hall–Kier alpha value is -0.0700. The molecule has 0 spiro atoms. The normalized spacial score (nSPS) is 38.7. The molecule has 0 aromatic rings. The first kappa shape index (κ1) is 9.02. The first-order valence-corrected chi connectivity index (χ1v) is 5.46. The standard InChI is InChI=1S/C8H16NOP/c1-4-7-5-8(7,9)11(10)6(2)3/h4,6-7,11H,1,5,9H2,2-3H3/t7-,8+/m1/s1. The maximum atomic E-state index is 11.6. The molecule has 1 fully saturated rings. The lowest BCUT2D eigenvalue weighted by atomic mass is 10.4. The fraction of sp³-hybridized carbons (Fsp3) is 0.750. The van der Waals surface area contributed by atoms with E-state index in [0.29, 0.717) is 5.92 Å². The number of hydrogen-bond acceptors (Lipinski definition) is 2. The van der Waals surface area contributed by atoms with Gasteiger partial charge in [-0.3, -0.25) is 0 Å². The minimum absolute atomic E-state index is 0.231. The summed E-state index contributed by atoms with van der Waals surface area (Å²) in [6.45, 7) is 7.59. The van der Waals surface area contributed by atoms with Gasteiger partial charge >= 0.3 is 0 Å². The Labute approximate surface area is 68.6 Å². The summed E-state index contributed by atoms with van der Waals surface area (Å²) in [6.07, 6.45) is 2.69. The van der Waals surface area contributed by atoms with Crippen molar-refractivity contribution in [1.82, 2.24) is 0 Å². The summed E-state index contributed by atoms with van der Waals surface area (Å²) >= 11 is 0. The summed E-state index contributed by atoms with van der Waals surface area (Å²) in [7, 11) is -1.61. The summed E-state index contributed by atoms with van der Waals surface area (Å²) in [4.78, 5) is 0. The molecule has 0 bridgehead atoms. The van der Waals surface area contributed by atoms with Crippen molar-refractivity contribution >= 4 is 7.80 Å². The van der Waals surface area contributed by atoms with Crippen LogP contribution in [0.15, 0.2) is 12.7 Å². The van der Waals surface area contributed by atoms with Crippen LogP contribution in [0.1, 0.15) is 20.3 Å². The quantitative estimate of drug-likeness (QED) is 0.522. The lowest BCUT2D eigenvalue weighted by molar-refractivity contribution is 0.569. The molecule has 1 saturated carbocycles. The molecular formula is C8H16NOP. The molecule has 0 aromatic heterocycles. The lowest BCUT2D eigenvalue weighted by Crippen LogP contribution is -2.22. The van der Waals surface area contributed by atoms with Gasteiger partial charge in [0.1, 0.15) is 0 Å². The fourth-order valence-corrected chi connectivity index (χ4v) is 3.40. The summed E-state index contributed by atoms with van der Waals surface area (Å²) in [5, 5.41) is -0.374. The smallest absolute Gasteiger partial charge is 0.0980 e. The Morgan fingerprint density at radius 2 is 2.36 bits per heavy atom. The van der Waals surface area contributed by atoms with Crippen molar-refractivity contribution in [2.75, 3.05) is 0 Å². The molecule has 0 aromatic carbocycles. The molecule has 0 aliphatic heterocycles. The van der Waals surface area contributed by atoms with Crippen LogP contribution in [0, 0.1) is 5.92 Å². The maximum absolute atomic E-state index is 11.6. The van der Waals surface area contributed by atoms with E-state index in [1.54, 1.807) is 0 Å². The molecule has 3 heteroatoms. The maximum Gasteiger partial charge on any atom is 0.0980 e. The predicted octanol–water partition coefficient (Wildman–Crippen LogP) is 1.82. The van der Waals surface area contributed by atoms with Crippen molar-refractivity contribution < 1.29 is 4.57 Å². The Morgan fingerprint density at radius 1 is 1.82 bits per heavy atom. The van der Waals surface area contributed by atoms with Crippen molar-refractivity contribution in [3.05, 3.63) is 12.7 Å². The van der Waals surface area contributed by atoms with Gasteiger partial charge in [0.05, 0.1) is 13.1 Å². The molecule has 1 rings (SSSR count). The van der Waals surface area contributed by atoms with E-state index < -0.39 is 7.80 Å². The SMILES string of the molecule is C=C[C@@H]1C[C@]1(N)[PH](=O)C(C)C. The van der Waals surface area contributed by atoms with Crippen LogP contribution in [0.25, 0.3) is 0 Å². The minimum atomic E-state index is -1.61. The molecule has 0 radical (unpaired) electrons. The van der Waals surface area contributed by atoms with Crippen molar-refractivity contribution in [3.8, 4) is 0 Å². The van der Waals surface area contributed by atoms with Gasteiger partial charge in [-0.05, 0) is 6.42 Å². The average molecular weight is 173 g/mol. The first-order valence-electron chi connectivity index (χ1n) is 3.98. The molecule has 1 aliphatic rings. The van der Waals surface area contributed by atoms with Crippen molar-refractivity contribution in [3.63, 3.8) is 0 Å². The van der Waals surface area contributed by atoms with Crippen LogP contribution in [-0.2, 0) is 4.57 Å². The van der Waals surface area contributed by atoms with Crippen molar-refractivity contribution in [1.29, 1.82) is 0 Å². The minimum Gasteiger partial charge on any atom is -0.325 e. The second kappa shape index (κ2) is 2.76. The Kier molecular flexibility index (Phi) is 2.27. The number of hydrogen-bond donors (Lipinski definition) is 1. The van der Waals surface area contributed by atoms with Crippen LogP contribution < -0.4 is 5.73 Å². The summed E-state index contributed by atoms with van der Waals surface area (Å²) in [5.41, 5.74) is 6.14. The third kappa shape index (κ3) is 1.43. The van der Waals surface area contributed by atoms with Gasteiger partial charge in [0.25, 0.3) is 0 Å². The van der Waals surface area contributed by atoms with Crippen molar-refractivity contribution in [2.45, 2.75) is 31.2 Å². The molecule has 11 heavy (non-hydrogen) atoms. The van der Waals surface area contributed by atoms with E-state index in [2.05, 4.69) is 6.58 Å². The van der Waals surface area contributed by atoms with E-state index in [1.165, 1.54) is 0 Å². The zero-order valence-corrected chi connectivity index (χ0v) is 8.13. The van der Waals surface area contributed by atoms with E-state index in [4.69, 9.17) is 5.73 Å². The van der Waals surface area contributed by atoms with Gasteiger partial charge in [-0.1, -0.05) is 19.9 Å². The van der Waals surface area contributed by atoms with Crippen LogP contribution >= 0.6 is 7.80 Å². The van der Waals surface area contributed by atoms with Gasteiger partial charge in [-0.25, -0.2) is 0 Å². The third-order valence-corrected chi connectivity index (χ3v) is 4.87. The highest BCUT2D eigenvalue weighted by Crippen LogP contribution is 2.59. The zero-order valence-electron chi connectivity index (χ0n) is 7.13. The lowest BCUT2D eigenvalue weighted by Gasteiger charge is -2.12. The Bertz CT molecular complexity index is 202. The topological polar surface area (TPSA) is 43.1 Å². The highest BCUT2D eigenvalue weighted by Gasteiger charge is 2.54. The summed E-state index contributed by atoms with van der Waals surface area (Å²) in [6, 6.07) is 0. The van der Waals surface area contributed by atoms with Gasteiger partial charge in [0, 0.05) is 11.6 Å². The van der Waals surface area contributed by atoms with Crippen LogP contribution in [0.2, 0.25) is 0 Å². The molecule has 1 unspecified atom stereocenters. The number of rotatable bonds is 3. The summed E-state index contributed by atoms with van der Waals surface area (Å²) in [5.74, 6) is 0.302. The third-order valence-electron chi connectivity index (χ3n) is 2.33. The Balaban J connectivity index is 2.63. The molecule has 0 saturated heterocycles. The molecule has 2 nitrogen and oxygen atoms in total. The molecule has 0 heterocycles. The van der Waals surface area contributed by atoms with E-state index in [9.17, 15) is 4.57 Å². The van der Waals surface area contributed by atoms with Gasteiger partial charge in [0.15, 0.2) is 0 Å². The van der Waals surface area contributed by atoms with Crippen LogP contribution in [0.4, 0.5) is 0 Å². The Morgan fingerprint density at radius 3 is 2.64 bits per heavy atom. The monoisotopic (exact) mass is 173 g/mol. The van der Waals surface area contributed by atoms with Gasteiger partial charge < -0.3 is 10.3 Å². The molecule has 0 amide bonds. The van der Waals surface area contributed by atoms with Crippen LogP contribution in [0.3, 0.4) is 0 Å². The van der Waals surface area contributed by atoms with Crippen LogP contribution in [0.5, 0.6) is 0 Å². The summed E-state index contributed by atoms with van der Waals surface area (Å²) < 4.78 is 11.6. The van der Waals surface area contributed by atoms with Gasteiger partial charge in [0.2, 0.25) is 0 Å². The first-order chi connectivity index (χ1) is 5.02. The average Bonchev–Trinajstić information content (AvgIpc) is 2.61. The predicted molar refractivity (Wildman–Crippen MR) is 49.4 cm³/mol. The fourth-order valence-electron chi connectivity index (χ4n) is 1.42. The molecular weight excluding hydrogens is 157 g/mol. The van der Waals surface area contributed by atoms with E-state index in [0.717, 1.165) is 6.42 Å². The molecule has 1 aliphatic carbocycles. The second-order valence-electron chi connectivity index (χ2n) is 3.61. The zero-order chi connectivity index (χ0) is 8.65. The van der Waals surface area contributed by atoms with E-state index in [-0.39, 0.29) is 10.9 Å². The van der Waals surface area contributed by atoms with Gasteiger partial charge in [-0.15, -0.1) is 6.58 Å². The van der Waals surface area contributed by atoms with Crippen molar-refractivity contribution in [2.24, 2.45) is 11.7 Å². The number of nitrogens with two attached hydrogens (primary N) is 1. The van der Waals surface area contributed by atoms with Crippen LogP contribution in [-0.4, -0.2) is 10.9 Å².